The van der Waals surface area contributed by atoms with Crippen LogP contribution in [0.25, 0.3) is 10.9 Å². The van der Waals surface area contributed by atoms with Gasteiger partial charge in [0, 0.05) is 30.9 Å². The third kappa shape index (κ3) is 4.30. The molecule has 8 nitrogen and oxygen atoms in total. The molecule has 1 saturated heterocycles. The van der Waals surface area contributed by atoms with Crippen LogP contribution in [0.15, 0.2) is 36.7 Å². The van der Waals surface area contributed by atoms with E-state index in [-0.39, 0.29) is 16.5 Å². The van der Waals surface area contributed by atoms with E-state index in [1.54, 1.807) is 6.07 Å². The number of anilines is 2. The number of rotatable bonds is 6. The lowest BCUT2D eigenvalue weighted by Gasteiger charge is -2.19. The van der Waals surface area contributed by atoms with Gasteiger partial charge in [0.2, 0.25) is 0 Å². The van der Waals surface area contributed by atoms with Gasteiger partial charge in [0.1, 0.15) is 18.0 Å². The number of nitro groups is 1. The minimum absolute atomic E-state index is 0.0392. The van der Waals surface area contributed by atoms with Crippen molar-refractivity contribution >= 4 is 39.7 Å². The molecule has 0 amide bonds. The third-order valence-corrected chi connectivity index (χ3v) is 7.03. The van der Waals surface area contributed by atoms with Gasteiger partial charge < -0.3 is 15.0 Å². The van der Waals surface area contributed by atoms with Gasteiger partial charge in [-0.3, -0.25) is 10.1 Å². The van der Waals surface area contributed by atoms with Gasteiger partial charge in [0.15, 0.2) is 5.75 Å². The van der Waals surface area contributed by atoms with Crippen LogP contribution in [0.3, 0.4) is 0 Å². The highest BCUT2D eigenvalue weighted by molar-refractivity contribution is 6.31. The van der Waals surface area contributed by atoms with Gasteiger partial charge in [-0.2, -0.15) is 0 Å². The molecule has 2 aromatic carbocycles. The lowest BCUT2D eigenvalue weighted by atomic mass is 9.93. The summed E-state index contributed by atoms with van der Waals surface area (Å²) < 4.78 is 19.5. The van der Waals surface area contributed by atoms with Crippen LogP contribution in [0.2, 0.25) is 5.02 Å². The Balaban J connectivity index is 1.42. The first-order valence-electron chi connectivity index (χ1n) is 10.9. The first kappa shape index (κ1) is 21.8. The van der Waals surface area contributed by atoms with Crippen molar-refractivity contribution in [1.29, 1.82) is 0 Å². The molecule has 33 heavy (non-hydrogen) atoms. The molecule has 2 fully saturated rings. The number of ether oxygens (including phenoxy) is 1. The Morgan fingerprint density at radius 1 is 1.27 bits per heavy atom. The molecule has 0 bridgehead atoms. The summed E-state index contributed by atoms with van der Waals surface area (Å²) in [7, 11) is 2.13. The second-order valence-corrected chi connectivity index (χ2v) is 9.27. The maximum absolute atomic E-state index is 13.5. The van der Waals surface area contributed by atoms with Crippen LogP contribution < -0.4 is 10.1 Å². The zero-order chi connectivity index (χ0) is 23.1. The number of benzene rings is 2. The van der Waals surface area contributed by atoms with E-state index < -0.39 is 10.7 Å². The molecule has 5 rings (SSSR count). The Kier molecular flexibility index (Phi) is 5.76. The van der Waals surface area contributed by atoms with E-state index in [0.29, 0.717) is 46.8 Å². The molecule has 1 aromatic heterocycles. The van der Waals surface area contributed by atoms with Crippen molar-refractivity contribution in [1.82, 2.24) is 14.9 Å². The van der Waals surface area contributed by atoms with Gasteiger partial charge >= 0.3 is 5.69 Å². The van der Waals surface area contributed by atoms with Crippen molar-refractivity contribution in [2.45, 2.75) is 12.8 Å². The standard InChI is InChI=1S/C23H23ClFN5O3/c1-29-9-13-2-3-14(17(13)10-29)11-33-22-8-20-16(7-21(22)30(31)32)23(27-12-26-20)28-15-4-5-19(25)18(24)6-15/h4-8,12-14,17H,2-3,9-11H2,1H3,(H,26,27,28). The van der Waals surface area contributed by atoms with Crippen molar-refractivity contribution in [2.75, 3.05) is 32.1 Å². The number of fused-ring (bicyclic) bond motifs is 2. The zero-order valence-corrected chi connectivity index (χ0v) is 18.8. The summed E-state index contributed by atoms with van der Waals surface area (Å²) in [5.41, 5.74) is 0.864. The minimum Gasteiger partial charge on any atom is -0.486 e. The smallest absolute Gasteiger partial charge is 0.311 e. The summed E-state index contributed by atoms with van der Waals surface area (Å²) >= 11 is 5.86. The first-order chi connectivity index (χ1) is 15.9. The topological polar surface area (TPSA) is 93.4 Å². The predicted octanol–water partition coefficient (Wildman–Crippen LogP) is 5.04. The highest BCUT2D eigenvalue weighted by Gasteiger charge is 2.41. The fourth-order valence-corrected chi connectivity index (χ4v) is 5.33. The number of nitrogens with one attached hydrogen (secondary N) is 1. The Hall–Kier alpha value is -3.04. The lowest BCUT2D eigenvalue weighted by Crippen LogP contribution is -2.22. The normalized spacial score (nSPS) is 22.5. The van der Waals surface area contributed by atoms with Crippen LogP contribution in [0.1, 0.15) is 12.8 Å². The van der Waals surface area contributed by atoms with Crippen LogP contribution in [0.5, 0.6) is 5.75 Å². The van der Waals surface area contributed by atoms with Crippen LogP contribution in [-0.4, -0.2) is 46.5 Å². The van der Waals surface area contributed by atoms with E-state index in [2.05, 4.69) is 27.2 Å². The molecule has 172 valence electrons. The summed E-state index contributed by atoms with van der Waals surface area (Å²) in [6, 6.07) is 7.17. The molecule has 1 aliphatic carbocycles. The largest absolute Gasteiger partial charge is 0.486 e. The van der Waals surface area contributed by atoms with E-state index in [1.807, 2.05) is 0 Å². The summed E-state index contributed by atoms with van der Waals surface area (Å²) in [5.74, 6) is 1.68. The molecule has 10 heteroatoms. The maximum Gasteiger partial charge on any atom is 0.311 e. The average Bonchev–Trinajstić information content (AvgIpc) is 3.33. The minimum atomic E-state index is -0.537. The molecule has 3 aromatic rings. The van der Waals surface area contributed by atoms with E-state index in [1.165, 1.54) is 37.0 Å². The monoisotopic (exact) mass is 471 g/mol. The average molecular weight is 472 g/mol. The molecular weight excluding hydrogens is 449 g/mol. The summed E-state index contributed by atoms with van der Waals surface area (Å²) in [6.45, 7) is 2.61. The van der Waals surface area contributed by atoms with Gasteiger partial charge in [-0.05, 0) is 55.8 Å². The summed E-state index contributed by atoms with van der Waals surface area (Å²) in [6.07, 6.45) is 3.63. The number of aromatic nitrogens is 2. The van der Waals surface area contributed by atoms with Gasteiger partial charge in [-0.1, -0.05) is 11.6 Å². The number of halogens is 2. The molecule has 1 N–H and O–H groups in total. The highest BCUT2D eigenvalue weighted by atomic mass is 35.5. The number of hydrogen-bond donors (Lipinski definition) is 1. The van der Waals surface area contributed by atoms with Crippen LogP contribution >= 0.6 is 11.6 Å². The molecule has 1 saturated carbocycles. The number of hydrogen-bond acceptors (Lipinski definition) is 7. The summed E-state index contributed by atoms with van der Waals surface area (Å²) in [5, 5.41) is 15.3. The molecule has 2 aliphatic rings. The van der Waals surface area contributed by atoms with E-state index in [9.17, 15) is 14.5 Å². The van der Waals surface area contributed by atoms with Crippen molar-refractivity contribution in [2.24, 2.45) is 17.8 Å². The molecule has 0 radical (unpaired) electrons. The first-order valence-corrected chi connectivity index (χ1v) is 11.2. The second kappa shape index (κ2) is 8.72. The van der Waals surface area contributed by atoms with E-state index >= 15 is 0 Å². The van der Waals surface area contributed by atoms with Crippen LogP contribution in [-0.2, 0) is 0 Å². The van der Waals surface area contributed by atoms with Gasteiger partial charge in [0.25, 0.3) is 0 Å². The molecule has 3 atom stereocenters. The fraction of sp³-hybridized carbons (Fsp3) is 0.391. The fourth-order valence-electron chi connectivity index (χ4n) is 5.15. The van der Waals surface area contributed by atoms with Gasteiger partial charge in [0.05, 0.1) is 27.5 Å². The number of likely N-dealkylation sites (tertiary alicyclic amines) is 1. The lowest BCUT2D eigenvalue weighted by molar-refractivity contribution is -0.385. The van der Waals surface area contributed by atoms with Crippen LogP contribution in [0.4, 0.5) is 21.6 Å². The van der Waals surface area contributed by atoms with Gasteiger partial charge in [-0.25, -0.2) is 14.4 Å². The molecule has 0 spiro atoms. The zero-order valence-electron chi connectivity index (χ0n) is 18.0. The van der Waals surface area contributed by atoms with Crippen molar-refractivity contribution in [3.8, 4) is 5.75 Å². The molecule has 3 unspecified atom stereocenters. The quantitative estimate of drug-likeness (QED) is 0.397. The van der Waals surface area contributed by atoms with Crippen molar-refractivity contribution < 1.29 is 14.1 Å². The van der Waals surface area contributed by atoms with E-state index in [0.717, 1.165) is 19.5 Å². The number of nitro benzene ring substituents is 1. The Bertz CT molecular complexity index is 1230. The molecule has 2 heterocycles. The summed E-state index contributed by atoms with van der Waals surface area (Å²) in [4.78, 5) is 22.2. The SMILES string of the molecule is CN1CC2CCC(COc3cc4ncnc(Nc5ccc(F)c(Cl)c5)c4cc3[N+](=O)[O-])C2C1. The second-order valence-electron chi connectivity index (χ2n) is 8.86. The Morgan fingerprint density at radius 3 is 2.91 bits per heavy atom. The highest BCUT2D eigenvalue weighted by Crippen LogP contribution is 2.43. The van der Waals surface area contributed by atoms with Crippen LogP contribution in [0, 0.1) is 33.7 Å². The maximum atomic E-state index is 13.5. The van der Waals surface area contributed by atoms with Gasteiger partial charge in [-0.15, -0.1) is 0 Å². The molecule has 1 aliphatic heterocycles. The predicted molar refractivity (Wildman–Crippen MR) is 124 cm³/mol. The Labute approximate surface area is 194 Å². The Morgan fingerprint density at radius 2 is 2.12 bits per heavy atom. The third-order valence-electron chi connectivity index (χ3n) is 6.74. The van der Waals surface area contributed by atoms with Crippen molar-refractivity contribution in [3.63, 3.8) is 0 Å². The van der Waals surface area contributed by atoms with Crippen molar-refractivity contribution in [3.05, 3.63) is 57.6 Å². The molecular formula is C23H23ClFN5O3. The van der Waals surface area contributed by atoms with E-state index in [4.69, 9.17) is 16.3 Å². The number of nitrogens with zero attached hydrogens (tertiary/aromatic N) is 4.